The molecule has 0 aliphatic heterocycles. The predicted molar refractivity (Wildman–Crippen MR) is 120 cm³/mol. The number of nitrogens with one attached hydrogen (secondary N) is 2. The van der Waals surface area contributed by atoms with Gasteiger partial charge in [0.05, 0.1) is 16.1 Å². The Morgan fingerprint density at radius 3 is 2.47 bits per heavy atom. The average molecular weight is 469 g/mol. The number of nitrogens with zero attached hydrogens (tertiary/aromatic N) is 2. The zero-order valence-electron chi connectivity index (χ0n) is 18.2. The second-order valence-corrected chi connectivity index (χ2v) is 8.96. The van der Waals surface area contributed by atoms with Gasteiger partial charge in [0.15, 0.2) is 0 Å². The van der Waals surface area contributed by atoms with E-state index in [1.165, 1.54) is 0 Å². The average Bonchev–Trinajstić information content (AvgIpc) is 2.73. The number of halogens is 4. The molecule has 1 aromatic carbocycles. The Morgan fingerprint density at radius 1 is 1.16 bits per heavy atom. The van der Waals surface area contributed by atoms with Gasteiger partial charge >= 0.3 is 6.18 Å². The molecule has 0 bridgehead atoms. The quantitative estimate of drug-likeness (QED) is 0.585. The van der Waals surface area contributed by atoms with Crippen molar-refractivity contribution in [2.45, 2.75) is 44.4 Å². The summed E-state index contributed by atoms with van der Waals surface area (Å²) in [6, 6.07) is 6.76. The summed E-state index contributed by atoms with van der Waals surface area (Å²) in [6.45, 7) is 1.63. The molecule has 0 unspecified atom stereocenters. The highest BCUT2D eigenvalue weighted by Crippen LogP contribution is 2.32. The number of aromatic nitrogens is 1. The SMILES string of the molecule is CN(C)Cc1ccc(NCC2CCC(NC(=O)c3cc(C(F)(F)F)ccc3Cl)CC2)nc1. The molecular weight excluding hydrogens is 441 g/mol. The topological polar surface area (TPSA) is 57.3 Å². The highest BCUT2D eigenvalue weighted by molar-refractivity contribution is 6.33. The van der Waals surface area contributed by atoms with Crippen LogP contribution in [0.1, 0.15) is 47.2 Å². The van der Waals surface area contributed by atoms with Gasteiger partial charge in [0, 0.05) is 25.3 Å². The molecule has 1 aliphatic carbocycles. The van der Waals surface area contributed by atoms with E-state index >= 15 is 0 Å². The number of hydrogen-bond donors (Lipinski definition) is 2. The van der Waals surface area contributed by atoms with Crippen LogP contribution in [0, 0.1) is 5.92 Å². The molecule has 9 heteroatoms. The lowest BCUT2D eigenvalue weighted by atomic mass is 9.86. The van der Waals surface area contributed by atoms with Crippen LogP contribution < -0.4 is 10.6 Å². The minimum absolute atomic E-state index is 0.0116. The molecule has 0 atom stereocenters. The highest BCUT2D eigenvalue weighted by Gasteiger charge is 2.32. The lowest BCUT2D eigenvalue weighted by Gasteiger charge is -2.29. The molecule has 1 saturated carbocycles. The third kappa shape index (κ3) is 6.84. The van der Waals surface area contributed by atoms with Gasteiger partial charge in [-0.25, -0.2) is 4.98 Å². The van der Waals surface area contributed by atoms with Crippen molar-refractivity contribution in [3.05, 3.63) is 58.2 Å². The van der Waals surface area contributed by atoms with Crippen LogP contribution in [0.5, 0.6) is 0 Å². The second kappa shape index (κ2) is 10.5. The van der Waals surface area contributed by atoms with E-state index in [1.54, 1.807) is 0 Å². The Kier molecular flexibility index (Phi) is 8.00. The lowest BCUT2D eigenvalue weighted by Crippen LogP contribution is -2.38. The van der Waals surface area contributed by atoms with Gasteiger partial charge in [-0.2, -0.15) is 13.2 Å². The van der Waals surface area contributed by atoms with Crippen LogP contribution in [0.2, 0.25) is 5.02 Å². The number of rotatable bonds is 7. The maximum Gasteiger partial charge on any atom is 0.416 e. The third-order valence-electron chi connectivity index (χ3n) is 5.62. The minimum Gasteiger partial charge on any atom is -0.370 e. The van der Waals surface area contributed by atoms with E-state index in [0.717, 1.165) is 68.4 Å². The molecule has 0 saturated heterocycles. The third-order valence-corrected chi connectivity index (χ3v) is 5.95. The zero-order chi connectivity index (χ0) is 23.3. The predicted octanol–water partition coefficient (Wildman–Crippen LogP) is 5.22. The van der Waals surface area contributed by atoms with Crippen molar-refractivity contribution < 1.29 is 18.0 Å². The maximum atomic E-state index is 12.9. The van der Waals surface area contributed by atoms with Crippen molar-refractivity contribution in [3.63, 3.8) is 0 Å². The molecule has 1 amide bonds. The second-order valence-electron chi connectivity index (χ2n) is 8.55. The number of amides is 1. The molecule has 2 aromatic rings. The molecule has 1 heterocycles. The molecule has 0 radical (unpaired) electrons. The van der Waals surface area contributed by atoms with Crippen LogP contribution in [-0.4, -0.2) is 42.5 Å². The highest BCUT2D eigenvalue weighted by atomic mass is 35.5. The summed E-state index contributed by atoms with van der Waals surface area (Å²) in [4.78, 5) is 19.0. The molecule has 5 nitrogen and oxygen atoms in total. The van der Waals surface area contributed by atoms with Gasteiger partial charge in [-0.15, -0.1) is 0 Å². The number of carbonyl (C=O) groups excluding carboxylic acids is 1. The minimum atomic E-state index is -4.52. The number of alkyl halides is 3. The smallest absolute Gasteiger partial charge is 0.370 e. The largest absolute Gasteiger partial charge is 0.416 e. The van der Waals surface area contributed by atoms with Crippen molar-refractivity contribution in [1.29, 1.82) is 0 Å². The van der Waals surface area contributed by atoms with E-state index in [9.17, 15) is 18.0 Å². The zero-order valence-corrected chi connectivity index (χ0v) is 18.9. The van der Waals surface area contributed by atoms with Crippen molar-refractivity contribution in [3.8, 4) is 0 Å². The van der Waals surface area contributed by atoms with E-state index in [4.69, 9.17) is 11.6 Å². The molecule has 174 valence electrons. The van der Waals surface area contributed by atoms with Gasteiger partial charge in [0.2, 0.25) is 0 Å². The summed E-state index contributed by atoms with van der Waals surface area (Å²) in [6.07, 6.45) is 0.702. The molecule has 32 heavy (non-hydrogen) atoms. The Morgan fingerprint density at radius 2 is 1.88 bits per heavy atom. The maximum absolute atomic E-state index is 12.9. The van der Waals surface area contributed by atoms with Crippen LogP contribution in [0.25, 0.3) is 0 Å². The molecular formula is C23H28ClF3N4O. The van der Waals surface area contributed by atoms with Crippen LogP contribution >= 0.6 is 11.6 Å². The standard InChI is InChI=1S/C23H28ClF3N4O/c1-31(2)14-16-5-10-21(29-13-16)28-12-15-3-7-18(8-4-15)30-22(32)19-11-17(23(25,26)27)6-9-20(19)24/h5-6,9-11,13,15,18H,3-4,7-8,12,14H2,1-2H3,(H,28,29)(H,30,32). The first-order valence-electron chi connectivity index (χ1n) is 10.6. The molecule has 1 aromatic heterocycles. The monoisotopic (exact) mass is 468 g/mol. The molecule has 0 spiro atoms. The van der Waals surface area contributed by atoms with Crippen LogP contribution in [0.15, 0.2) is 36.5 Å². The van der Waals surface area contributed by atoms with Crippen molar-refractivity contribution in [2.75, 3.05) is 26.0 Å². The fraction of sp³-hybridized carbons (Fsp3) is 0.478. The van der Waals surface area contributed by atoms with Gasteiger partial charge in [0.25, 0.3) is 5.91 Å². The summed E-state index contributed by atoms with van der Waals surface area (Å²) < 4.78 is 38.8. The van der Waals surface area contributed by atoms with Crippen LogP contribution in [0.4, 0.5) is 19.0 Å². The Bertz CT molecular complexity index is 910. The van der Waals surface area contributed by atoms with Crippen LogP contribution in [0.3, 0.4) is 0 Å². The van der Waals surface area contributed by atoms with Gasteiger partial charge in [0.1, 0.15) is 5.82 Å². The summed E-state index contributed by atoms with van der Waals surface area (Å²) >= 11 is 5.97. The Hall–Kier alpha value is -2.32. The summed E-state index contributed by atoms with van der Waals surface area (Å²) in [5.41, 5.74) is 0.122. The number of hydrogen-bond acceptors (Lipinski definition) is 4. The van der Waals surface area contributed by atoms with E-state index in [2.05, 4.69) is 26.6 Å². The van der Waals surface area contributed by atoms with Gasteiger partial charge < -0.3 is 15.5 Å². The number of benzene rings is 1. The number of carbonyl (C=O) groups is 1. The molecule has 2 N–H and O–H groups in total. The van der Waals surface area contributed by atoms with E-state index in [1.807, 2.05) is 26.4 Å². The molecule has 1 aliphatic rings. The van der Waals surface area contributed by atoms with Crippen molar-refractivity contribution >= 4 is 23.3 Å². The van der Waals surface area contributed by atoms with Gasteiger partial charge in [-0.1, -0.05) is 17.7 Å². The van der Waals surface area contributed by atoms with E-state index in [0.29, 0.717) is 5.92 Å². The first-order chi connectivity index (χ1) is 15.1. The van der Waals surface area contributed by atoms with Gasteiger partial charge in [-0.05, 0) is 75.5 Å². The lowest BCUT2D eigenvalue weighted by molar-refractivity contribution is -0.137. The number of anilines is 1. The summed E-state index contributed by atoms with van der Waals surface area (Å²) in [5.74, 6) is 0.718. The fourth-order valence-corrected chi connectivity index (χ4v) is 4.09. The fourth-order valence-electron chi connectivity index (χ4n) is 3.89. The molecule has 1 fully saturated rings. The Labute approximate surface area is 191 Å². The summed E-state index contributed by atoms with van der Waals surface area (Å²) in [5, 5.41) is 6.22. The van der Waals surface area contributed by atoms with Crippen molar-refractivity contribution in [2.24, 2.45) is 5.92 Å². The van der Waals surface area contributed by atoms with Crippen LogP contribution in [-0.2, 0) is 12.7 Å². The number of pyridine rings is 1. The first kappa shape index (κ1) is 24.3. The summed E-state index contributed by atoms with van der Waals surface area (Å²) in [7, 11) is 4.03. The first-order valence-corrected chi connectivity index (χ1v) is 11.0. The normalized spacial score (nSPS) is 19.1. The Balaban J connectivity index is 1.46. The molecule has 3 rings (SSSR count). The van der Waals surface area contributed by atoms with E-state index < -0.39 is 17.6 Å². The van der Waals surface area contributed by atoms with E-state index in [-0.39, 0.29) is 16.6 Å². The van der Waals surface area contributed by atoms with Crippen molar-refractivity contribution in [1.82, 2.24) is 15.2 Å². The van der Waals surface area contributed by atoms with Gasteiger partial charge in [-0.3, -0.25) is 4.79 Å².